The van der Waals surface area contributed by atoms with Crippen molar-refractivity contribution in [3.05, 3.63) is 30.1 Å². The molecule has 1 heterocycles. The highest BCUT2D eigenvalue weighted by Crippen LogP contribution is 2.34. The second-order valence-corrected chi connectivity index (χ2v) is 5.16. The molecular weight excluding hydrogens is 258 g/mol. The second-order valence-electron chi connectivity index (χ2n) is 5.16. The topological polar surface area (TPSA) is 91.3 Å². The van der Waals surface area contributed by atoms with Crippen LogP contribution in [0, 0.1) is 0 Å². The van der Waals surface area contributed by atoms with E-state index in [0.717, 1.165) is 25.0 Å². The van der Waals surface area contributed by atoms with Crippen LogP contribution in [-0.2, 0) is 11.2 Å². The van der Waals surface area contributed by atoms with E-state index in [2.05, 4.69) is 15.6 Å². The second kappa shape index (κ2) is 6.36. The summed E-state index contributed by atoms with van der Waals surface area (Å²) in [6.45, 7) is 0.478. The van der Waals surface area contributed by atoms with Gasteiger partial charge in [-0.3, -0.25) is 9.78 Å². The SMILES string of the molecule is O=C(O)CC1(NC(=O)NCCc2ccccn2)CCC1. The number of aliphatic carboxylic acids is 1. The highest BCUT2D eigenvalue weighted by molar-refractivity contribution is 5.77. The number of carboxylic acid groups (broad SMARTS) is 1. The number of aromatic nitrogens is 1. The number of pyridine rings is 1. The van der Waals surface area contributed by atoms with Crippen LogP contribution in [0.5, 0.6) is 0 Å². The van der Waals surface area contributed by atoms with Crippen LogP contribution >= 0.6 is 0 Å². The van der Waals surface area contributed by atoms with Crippen molar-refractivity contribution in [1.29, 1.82) is 0 Å². The van der Waals surface area contributed by atoms with E-state index in [1.54, 1.807) is 6.20 Å². The molecule has 20 heavy (non-hydrogen) atoms. The summed E-state index contributed by atoms with van der Waals surface area (Å²) in [7, 11) is 0. The van der Waals surface area contributed by atoms with Gasteiger partial charge in [-0.1, -0.05) is 6.07 Å². The Bertz CT molecular complexity index is 472. The minimum atomic E-state index is -0.876. The maximum absolute atomic E-state index is 11.8. The van der Waals surface area contributed by atoms with E-state index < -0.39 is 11.5 Å². The van der Waals surface area contributed by atoms with E-state index in [1.807, 2.05) is 18.2 Å². The molecule has 2 rings (SSSR count). The standard InChI is InChI=1S/C14H19N3O3/c18-12(19)10-14(6-3-7-14)17-13(20)16-9-5-11-4-1-2-8-15-11/h1-2,4,8H,3,5-7,9-10H2,(H,18,19)(H2,16,17,20). The summed E-state index contributed by atoms with van der Waals surface area (Å²) in [5, 5.41) is 14.4. The third-order valence-corrected chi connectivity index (χ3v) is 3.57. The molecule has 3 N–H and O–H groups in total. The molecule has 1 aromatic heterocycles. The van der Waals surface area contributed by atoms with Crippen molar-refractivity contribution in [2.75, 3.05) is 6.54 Å². The molecule has 6 heteroatoms. The summed E-state index contributed by atoms with van der Waals surface area (Å²) in [4.78, 5) is 26.8. The Morgan fingerprint density at radius 1 is 1.35 bits per heavy atom. The first kappa shape index (κ1) is 14.3. The predicted molar refractivity (Wildman–Crippen MR) is 73.3 cm³/mol. The summed E-state index contributed by atoms with van der Waals surface area (Å²) < 4.78 is 0. The van der Waals surface area contributed by atoms with Gasteiger partial charge in [0.2, 0.25) is 0 Å². The summed E-state index contributed by atoms with van der Waals surface area (Å²) in [6, 6.07) is 5.34. The van der Waals surface area contributed by atoms with Crippen LogP contribution in [-0.4, -0.2) is 34.2 Å². The van der Waals surface area contributed by atoms with Crippen molar-refractivity contribution < 1.29 is 14.7 Å². The lowest BCUT2D eigenvalue weighted by atomic mass is 9.74. The van der Waals surface area contributed by atoms with Crippen LogP contribution in [0.3, 0.4) is 0 Å². The van der Waals surface area contributed by atoms with Gasteiger partial charge in [-0.2, -0.15) is 0 Å². The lowest BCUT2D eigenvalue weighted by Crippen LogP contribution is -2.57. The molecule has 0 aromatic carbocycles. The monoisotopic (exact) mass is 277 g/mol. The zero-order valence-corrected chi connectivity index (χ0v) is 11.3. The number of nitrogens with one attached hydrogen (secondary N) is 2. The fourth-order valence-electron chi connectivity index (χ4n) is 2.37. The smallest absolute Gasteiger partial charge is 0.315 e. The molecule has 0 bridgehead atoms. The molecule has 1 aromatic rings. The van der Waals surface area contributed by atoms with Crippen molar-refractivity contribution in [2.24, 2.45) is 0 Å². The van der Waals surface area contributed by atoms with Gasteiger partial charge in [0.1, 0.15) is 0 Å². The molecule has 1 saturated carbocycles. The number of carbonyl (C=O) groups is 2. The molecule has 108 valence electrons. The molecule has 0 atom stereocenters. The zero-order valence-electron chi connectivity index (χ0n) is 11.3. The number of hydrogen-bond acceptors (Lipinski definition) is 3. The zero-order chi connectivity index (χ0) is 14.4. The highest BCUT2D eigenvalue weighted by Gasteiger charge is 2.40. The minimum Gasteiger partial charge on any atom is -0.481 e. The van der Waals surface area contributed by atoms with Crippen molar-refractivity contribution in [3.8, 4) is 0 Å². The minimum absolute atomic E-state index is 0.0132. The van der Waals surface area contributed by atoms with Crippen molar-refractivity contribution in [2.45, 2.75) is 37.6 Å². The van der Waals surface area contributed by atoms with Gasteiger partial charge in [0.05, 0.1) is 12.0 Å². The molecule has 1 aliphatic rings. The Morgan fingerprint density at radius 2 is 2.15 bits per heavy atom. The third-order valence-electron chi connectivity index (χ3n) is 3.57. The van der Waals surface area contributed by atoms with Crippen LogP contribution in [0.2, 0.25) is 0 Å². The van der Waals surface area contributed by atoms with E-state index >= 15 is 0 Å². The van der Waals surface area contributed by atoms with Crippen LogP contribution in [0.4, 0.5) is 4.79 Å². The Balaban J connectivity index is 1.73. The molecule has 0 radical (unpaired) electrons. The normalized spacial score (nSPS) is 16.0. The average molecular weight is 277 g/mol. The largest absolute Gasteiger partial charge is 0.481 e. The van der Waals surface area contributed by atoms with E-state index in [4.69, 9.17) is 5.11 Å². The Labute approximate surface area is 117 Å². The number of rotatable bonds is 6. The lowest BCUT2D eigenvalue weighted by molar-refractivity contribution is -0.139. The molecule has 0 spiro atoms. The van der Waals surface area contributed by atoms with Crippen molar-refractivity contribution in [1.82, 2.24) is 15.6 Å². The quantitative estimate of drug-likeness (QED) is 0.731. The first-order valence-electron chi connectivity index (χ1n) is 6.77. The van der Waals surface area contributed by atoms with Gasteiger partial charge in [0.15, 0.2) is 0 Å². The fourth-order valence-corrected chi connectivity index (χ4v) is 2.37. The molecule has 1 fully saturated rings. The van der Waals surface area contributed by atoms with E-state index in [1.165, 1.54) is 0 Å². The number of nitrogens with zero attached hydrogens (tertiary/aromatic N) is 1. The Kier molecular flexibility index (Phi) is 4.55. The number of hydrogen-bond donors (Lipinski definition) is 3. The third kappa shape index (κ3) is 3.94. The summed E-state index contributed by atoms with van der Waals surface area (Å²) in [6.07, 6.45) is 4.77. The number of amides is 2. The molecule has 0 saturated heterocycles. The highest BCUT2D eigenvalue weighted by atomic mass is 16.4. The van der Waals surface area contributed by atoms with Gasteiger partial charge < -0.3 is 15.7 Å². The summed E-state index contributed by atoms with van der Waals surface area (Å²) in [5.41, 5.74) is 0.359. The molecule has 2 amide bonds. The average Bonchev–Trinajstić information content (AvgIpc) is 2.37. The maximum atomic E-state index is 11.8. The lowest BCUT2D eigenvalue weighted by Gasteiger charge is -2.41. The van der Waals surface area contributed by atoms with Crippen LogP contribution in [0.1, 0.15) is 31.4 Å². The van der Waals surface area contributed by atoms with E-state index in [9.17, 15) is 9.59 Å². The van der Waals surface area contributed by atoms with Gasteiger partial charge in [-0.05, 0) is 31.4 Å². The van der Waals surface area contributed by atoms with E-state index in [-0.39, 0.29) is 12.5 Å². The number of carboxylic acids is 1. The van der Waals surface area contributed by atoms with Crippen LogP contribution < -0.4 is 10.6 Å². The van der Waals surface area contributed by atoms with Crippen molar-refractivity contribution in [3.63, 3.8) is 0 Å². The molecule has 0 unspecified atom stereocenters. The van der Waals surface area contributed by atoms with E-state index in [0.29, 0.717) is 13.0 Å². The van der Waals surface area contributed by atoms with Gasteiger partial charge in [0, 0.05) is 24.9 Å². The van der Waals surface area contributed by atoms with Crippen LogP contribution in [0.15, 0.2) is 24.4 Å². The van der Waals surface area contributed by atoms with Gasteiger partial charge in [-0.25, -0.2) is 4.79 Å². The van der Waals surface area contributed by atoms with Crippen molar-refractivity contribution >= 4 is 12.0 Å². The van der Waals surface area contributed by atoms with Crippen LogP contribution in [0.25, 0.3) is 0 Å². The molecular formula is C14H19N3O3. The molecule has 1 aliphatic carbocycles. The molecule has 6 nitrogen and oxygen atoms in total. The predicted octanol–water partition coefficient (Wildman–Crippen LogP) is 1.32. The first-order valence-corrected chi connectivity index (χ1v) is 6.77. The maximum Gasteiger partial charge on any atom is 0.315 e. The summed E-state index contributed by atoms with van der Waals surface area (Å²) in [5.74, 6) is -0.876. The summed E-state index contributed by atoms with van der Waals surface area (Å²) >= 11 is 0. The van der Waals surface area contributed by atoms with Gasteiger partial charge >= 0.3 is 12.0 Å². The Morgan fingerprint density at radius 3 is 2.70 bits per heavy atom. The fraction of sp³-hybridized carbons (Fsp3) is 0.500. The van der Waals surface area contributed by atoms with Gasteiger partial charge in [-0.15, -0.1) is 0 Å². The molecule has 0 aliphatic heterocycles. The number of urea groups is 1. The van der Waals surface area contributed by atoms with Gasteiger partial charge in [0.25, 0.3) is 0 Å². The Hall–Kier alpha value is -2.11. The first-order chi connectivity index (χ1) is 9.60. The number of carbonyl (C=O) groups excluding carboxylic acids is 1.